The molecule has 2 aromatic carbocycles. The van der Waals surface area contributed by atoms with Crippen molar-refractivity contribution in [2.45, 2.75) is 64.5 Å². The van der Waals surface area contributed by atoms with Crippen LogP contribution in [0.2, 0.25) is 5.02 Å². The molecule has 0 amide bonds. The highest BCUT2D eigenvalue weighted by Crippen LogP contribution is 2.36. The fourth-order valence-electron chi connectivity index (χ4n) is 4.40. The number of benzene rings is 2. The summed E-state index contributed by atoms with van der Waals surface area (Å²) in [7, 11) is 0. The van der Waals surface area contributed by atoms with Gasteiger partial charge in [-0.2, -0.15) is 0 Å². The second-order valence-corrected chi connectivity index (χ2v) is 8.65. The van der Waals surface area contributed by atoms with Crippen LogP contribution in [0.25, 0.3) is 10.8 Å². The summed E-state index contributed by atoms with van der Waals surface area (Å²) >= 11 is 6.77. The Balaban J connectivity index is 1.53. The van der Waals surface area contributed by atoms with E-state index in [-0.39, 0.29) is 0 Å². The Bertz CT molecular complexity index is 745. The Morgan fingerprint density at radius 2 is 1.73 bits per heavy atom. The summed E-state index contributed by atoms with van der Waals surface area (Å²) in [6, 6.07) is 10.9. The Hall–Kier alpha value is -1.25. The van der Waals surface area contributed by atoms with Crippen molar-refractivity contribution in [3.05, 3.63) is 40.9 Å². The second kappa shape index (κ2) is 8.19. The molecule has 0 unspecified atom stereocenters. The van der Waals surface area contributed by atoms with Crippen LogP contribution in [-0.4, -0.2) is 24.1 Å². The van der Waals surface area contributed by atoms with E-state index in [0.29, 0.717) is 6.10 Å². The van der Waals surface area contributed by atoms with E-state index in [9.17, 15) is 0 Å². The van der Waals surface area contributed by atoms with E-state index in [1.807, 2.05) is 6.07 Å². The summed E-state index contributed by atoms with van der Waals surface area (Å²) in [5.41, 5.74) is 1.35. The van der Waals surface area contributed by atoms with Gasteiger partial charge in [-0.15, -0.1) is 0 Å². The van der Waals surface area contributed by atoms with Crippen molar-refractivity contribution in [1.29, 1.82) is 0 Å². The molecular weight excluding hydrogens is 342 g/mol. The van der Waals surface area contributed by atoms with Gasteiger partial charge < -0.3 is 4.74 Å². The zero-order valence-electron chi connectivity index (χ0n) is 15.8. The van der Waals surface area contributed by atoms with Crippen LogP contribution in [0.15, 0.2) is 30.3 Å². The molecule has 4 rings (SSSR count). The maximum absolute atomic E-state index is 6.77. The van der Waals surface area contributed by atoms with E-state index in [0.717, 1.165) is 41.5 Å². The quantitative estimate of drug-likeness (QED) is 0.613. The van der Waals surface area contributed by atoms with Gasteiger partial charge in [0, 0.05) is 11.9 Å². The largest absolute Gasteiger partial charge is 0.489 e. The van der Waals surface area contributed by atoms with E-state index in [4.69, 9.17) is 16.3 Å². The van der Waals surface area contributed by atoms with Crippen LogP contribution in [0.1, 0.15) is 57.4 Å². The normalized spacial score (nSPS) is 24.7. The SMILES string of the molecule is CC1CCC(Oc2ccc3ccc(CN4CCCCC4)cc3c2Cl)CC1. The molecule has 0 atom stereocenters. The Labute approximate surface area is 162 Å². The lowest BCUT2D eigenvalue weighted by molar-refractivity contribution is 0.136. The highest BCUT2D eigenvalue weighted by molar-refractivity contribution is 6.37. The van der Waals surface area contributed by atoms with Gasteiger partial charge in [-0.1, -0.05) is 43.1 Å². The molecule has 1 aliphatic carbocycles. The van der Waals surface area contributed by atoms with E-state index in [1.165, 1.54) is 56.1 Å². The van der Waals surface area contributed by atoms with Gasteiger partial charge in [-0.3, -0.25) is 4.90 Å². The molecule has 2 aromatic rings. The number of nitrogens with zero attached hydrogens (tertiary/aromatic N) is 1. The first-order valence-corrected chi connectivity index (χ1v) is 10.7. The molecule has 1 aliphatic heterocycles. The molecule has 140 valence electrons. The van der Waals surface area contributed by atoms with Crippen molar-refractivity contribution in [3.8, 4) is 5.75 Å². The first-order valence-electron chi connectivity index (χ1n) is 10.3. The fourth-order valence-corrected chi connectivity index (χ4v) is 4.67. The van der Waals surface area contributed by atoms with Crippen LogP contribution in [0, 0.1) is 5.92 Å². The molecule has 0 aromatic heterocycles. The van der Waals surface area contributed by atoms with Gasteiger partial charge in [-0.25, -0.2) is 0 Å². The third-order valence-electron chi connectivity index (χ3n) is 6.10. The number of hydrogen-bond donors (Lipinski definition) is 0. The summed E-state index contributed by atoms with van der Waals surface area (Å²) in [6.07, 6.45) is 9.15. The third kappa shape index (κ3) is 4.18. The maximum atomic E-state index is 6.77. The van der Waals surface area contributed by atoms with Gasteiger partial charge in [0.15, 0.2) is 0 Å². The predicted octanol–water partition coefficient (Wildman–Crippen LogP) is 6.44. The van der Waals surface area contributed by atoms with Gasteiger partial charge in [-0.05, 0) is 80.6 Å². The molecule has 2 nitrogen and oxygen atoms in total. The molecule has 26 heavy (non-hydrogen) atoms. The summed E-state index contributed by atoms with van der Waals surface area (Å²) in [4.78, 5) is 2.56. The summed E-state index contributed by atoms with van der Waals surface area (Å²) in [6.45, 7) is 5.80. The monoisotopic (exact) mass is 371 g/mol. The Kier molecular flexibility index (Phi) is 5.71. The second-order valence-electron chi connectivity index (χ2n) is 8.27. The molecule has 0 spiro atoms. The van der Waals surface area contributed by atoms with Crippen LogP contribution < -0.4 is 4.74 Å². The average Bonchev–Trinajstić information content (AvgIpc) is 2.67. The standard InChI is InChI=1S/C23H30ClNO/c1-17-5-10-20(11-6-17)26-22-12-9-19-8-7-18(15-21(19)23(22)24)16-25-13-3-2-4-14-25/h7-9,12,15,17,20H,2-6,10-11,13-14,16H2,1H3. The molecule has 0 radical (unpaired) electrons. The lowest BCUT2D eigenvalue weighted by atomic mass is 9.89. The van der Waals surface area contributed by atoms with E-state index in [2.05, 4.69) is 36.1 Å². The fraction of sp³-hybridized carbons (Fsp3) is 0.565. The molecule has 1 saturated carbocycles. The highest BCUT2D eigenvalue weighted by Gasteiger charge is 2.21. The van der Waals surface area contributed by atoms with Crippen LogP contribution in [-0.2, 0) is 6.54 Å². The molecule has 2 aliphatic rings. The van der Waals surface area contributed by atoms with Gasteiger partial charge in [0.05, 0.1) is 11.1 Å². The number of piperidine rings is 1. The minimum absolute atomic E-state index is 0.317. The van der Waals surface area contributed by atoms with Crippen molar-refractivity contribution >= 4 is 22.4 Å². The van der Waals surface area contributed by atoms with Crippen molar-refractivity contribution in [1.82, 2.24) is 4.90 Å². The predicted molar refractivity (Wildman–Crippen MR) is 110 cm³/mol. The number of hydrogen-bond acceptors (Lipinski definition) is 2. The number of likely N-dealkylation sites (tertiary alicyclic amines) is 1. The number of ether oxygens (including phenoxy) is 1. The smallest absolute Gasteiger partial charge is 0.138 e. The number of fused-ring (bicyclic) bond motifs is 1. The van der Waals surface area contributed by atoms with Gasteiger partial charge in [0.25, 0.3) is 0 Å². The molecule has 3 heteroatoms. The van der Waals surface area contributed by atoms with Crippen LogP contribution >= 0.6 is 11.6 Å². The number of halogens is 1. The third-order valence-corrected chi connectivity index (χ3v) is 6.49. The van der Waals surface area contributed by atoms with Crippen molar-refractivity contribution < 1.29 is 4.74 Å². The zero-order valence-corrected chi connectivity index (χ0v) is 16.6. The van der Waals surface area contributed by atoms with Crippen molar-refractivity contribution in [3.63, 3.8) is 0 Å². The van der Waals surface area contributed by atoms with Crippen LogP contribution in [0.5, 0.6) is 5.75 Å². The summed E-state index contributed by atoms with van der Waals surface area (Å²) in [5.74, 6) is 1.69. The minimum Gasteiger partial charge on any atom is -0.489 e. The Morgan fingerprint density at radius 3 is 2.50 bits per heavy atom. The van der Waals surface area contributed by atoms with Gasteiger partial charge in [0.2, 0.25) is 0 Å². The average molecular weight is 372 g/mol. The molecule has 0 bridgehead atoms. The maximum Gasteiger partial charge on any atom is 0.138 e. The zero-order chi connectivity index (χ0) is 17.9. The van der Waals surface area contributed by atoms with E-state index >= 15 is 0 Å². The molecule has 1 saturated heterocycles. The first kappa shape index (κ1) is 18.1. The first-order chi connectivity index (χ1) is 12.7. The Morgan fingerprint density at radius 1 is 1.00 bits per heavy atom. The van der Waals surface area contributed by atoms with Crippen molar-refractivity contribution in [2.24, 2.45) is 5.92 Å². The van der Waals surface area contributed by atoms with Gasteiger partial charge >= 0.3 is 0 Å². The van der Waals surface area contributed by atoms with Gasteiger partial charge in [0.1, 0.15) is 5.75 Å². The lowest BCUT2D eigenvalue weighted by Gasteiger charge is -2.27. The number of rotatable bonds is 4. The molecule has 0 N–H and O–H groups in total. The van der Waals surface area contributed by atoms with E-state index < -0.39 is 0 Å². The van der Waals surface area contributed by atoms with Crippen LogP contribution in [0.3, 0.4) is 0 Å². The minimum atomic E-state index is 0.317. The van der Waals surface area contributed by atoms with E-state index in [1.54, 1.807) is 0 Å². The summed E-state index contributed by atoms with van der Waals surface area (Å²) < 4.78 is 6.29. The highest BCUT2D eigenvalue weighted by atomic mass is 35.5. The molecule has 1 heterocycles. The molecule has 2 fully saturated rings. The van der Waals surface area contributed by atoms with Crippen LogP contribution in [0.4, 0.5) is 0 Å². The molecular formula is C23H30ClNO. The topological polar surface area (TPSA) is 12.5 Å². The summed E-state index contributed by atoms with van der Waals surface area (Å²) in [5, 5.41) is 3.10. The lowest BCUT2D eigenvalue weighted by Crippen LogP contribution is -2.29. The van der Waals surface area contributed by atoms with Crippen molar-refractivity contribution in [2.75, 3.05) is 13.1 Å².